The maximum Gasteiger partial charge on any atom is 0.317 e. The molecule has 3 heterocycles. The molecule has 200 valence electrons. The molecule has 0 radical (unpaired) electrons. The van der Waals surface area contributed by atoms with Crippen LogP contribution in [0.15, 0.2) is 18.2 Å². The maximum atomic E-state index is 12.9. The van der Waals surface area contributed by atoms with E-state index in [2.05, 4.69) is 61.2 Å². The number of urea groups is 1. The lowest BCUT2D eigenvalue weighted by Gasteiger charge is -2.47. The number of rotatable bonds is 7. The highest BCUT2D eigenvalue weighted by Gasteiger charge is 2.42. The Morgan fingerprint density at radius 2 is 1.97 bits per heavy atom. The summed E-state index contributed by atoms with van der Waals surface area (Å²) < 4.78 is 6.70. The number of hydrogen-bond donors (Lipinski definition) is 2. The summed E-state index contributed by atoms with van der Waals surface area (Å²) >= 11 is 0. The number of morpholine rings is 1. The molecule has 2 aromatic rings. The number of fused-ring (bicyclic) bond motifs is 2. The number of benzene rings is 1. The molecule has 0 spiro atoms. The fraction of sp³-hybridized carbons (Fsp3) is 0.679. The van der Waals surface area contributed by atoms with Crippen molar-refractivity contribution < 1.29 is 38.0 Å². The van der Waals surface area contributed by atoms with Crippen molar-refractivity contribution in [2.75, 3.05) is 59.5 Å². The smallest absolute Gasteiger partial charge is 0.317 e. The second-order valence-corrected chi connectivity index (χ2v) is 11.1. The second-order valence-electron chi connectivity index (χ2n) is 11.1. The maximum absolute atomic E-state index is 12.9. The van der Waals surface area contributed by atoms with E-state index < -0.39 is 0 Å². The number of ether oxygens (including phenoxy) is 1. The molecule has 1 aromatic carbocycles. The van der Waals surface area contributed by atoms with Crippen LogP contribution < -0.4 is 29.3 Å². The first kappa shape index (κ1) is 27.7. The Morgan fingerprint density at radius 3 is 2.67 bits per heavy atom. The zero-order valence-corrected chi connectivity index (χ0v) is 24.6. The molecule has 7 nitrogen and oxygen atoms in total. The third kappa shape index (κ3) is 5.28. The van der Waals surface area contributed by atoms with Gasteiger partial charge < -0.3 is 48.4 Å². The van der Waals surface area contributed by atoms with Crippen LogP contribution >= 0.6 is 0 Å². The van der Waals surface area contributed by atoms with Crippen molar-refractivity contribution in [2.24, 2.45) is 0 Å². The van der Waals surface area contributed by atoms with E-state index in [-0.39, 0.29) is 36.0 Å². The third-order valence-corrected chi connectivity index (χ3v) is 8.77. The number of likely N-dealkylation sites (tertiary alicyclic amines) is 1. The summed E-state index contributed by atoms with van der Waals surface area (Å²) in [6.45, 7) is 14.8. The standard InChI is InChI=1S/C28H43N5O2.HI/c1-5-11-32-18-20(29-28(34)31(6-2)7-3)16-22-21-9-8-10-24-27(21)23(17-26(22)32)25(30-24)19-33(4)12-14-35-15-13-33;/h8-10,20,22,26,30H,5-7,11-19H2,1-4H3;1H/t20-,22+,26+;/m0./s1. The van der Waals surface area contributed by atoms with Gasteiger partial charge >= 0.3 is 6.03 Å². The number of piperidine rings is 1. The van der Waals surface area contributed by atoms with Crippen LogP contribution in [0.2, 0.25) is 0 Å². The summed E-state index contributed by atoms with van der Waals surface area (Å²) in [7, 11) is 2.38. The Kier molecular flexibility index (Phi) is 8.90. The molecular formula is C28H44IN5O2. The first-order chi connectivity index (χ1) is 17.0. The molecule has 3 atom stereocenters. The third-order valence-electron chi connectivity index (χ3n) is 8.77. The van der Waals surface area contributed by atoms with Gasteiger partial charge in [0.1, 0.15) is 19.6 Å². The van der Waals surface area contributed by atoms with E-state index in [1.807, 2.05) is 4.90 Å². The number of aromatic amines is 1. The van der Waals surface area contributed by atoms with Crippen LogP contribution in [-0.4, -0.2) is 96.9 Å². The van der Waals surface area contributed by atoms with E-state index in [4.69, 9.17) is 4.74 Å². The molecule has 5 rings (SSSR count). The summed E-state index contributed by atoms with van der Waals surface area (Å²) in [5, 5.41) is 4.84. The van der Waals surface area contributed by atoms with E-state index >= 15 is 0 Å². The number of quaternary nitrogens is 1. The van der Waals surface area contributed by atoms with Gasteiger partial charge in [0.05, 0.1) is 26.0 Å². The molecule has 2 aliphatic heterocycles. The van der Waals surface area contributed by atoms with Crippen LogP contribution in [-0.2, 0) is 17.7 Å². The van der Waals surface area contributed by atoms with Crippen molar-refractivity contribution in [3.8, 4) is 0 Å². The SMILES string of the molecule is CCCN1C[C@@H](NC(=O)N(CC)CC)C[C@@H]2c3cccc4[nH]c(C[N+]5(C)CCOCC5)c(c34)C[C@H]21.[I-]. The normalized spacial score (nSPS) is 25.2. The van der Waals surface area contributed by atoms with Crippen LogP contribution in [0.4, 0.5) is 4.79 Å². The number of likely N-dealkylation sites (N-methyl/N-ethyl adjacent to an activating group) is 1. The van der Waals surface area contributed by atoms with Crippen molar-refractivity contribution in [2.45, 2.75) is 64.6 Å². The fourth-order valence-electron chi connectivity index (χ4n) is 6.84. The van der Waals surface area contributed by atoms with Gasteiger partial charge in [-0.05, 0) is 56.8 Å². The Morgan fingerprint density at radius 1 is 1.22 bits per heavy atom. The first-order valence-electron chi connectivity index (χ1n) is 13.8. The van der Waals surface area contributed by atoms with Gasteiger partial charge in [-0.15, -0.1) is 0 Å². The van der Waals surface area contributed by atoms with Crippen molar-refractivity contribution in [1.82, 2.24) is 20.1 Å². The van der Waals surface area contributed by atoms with E-state index in [1.165, 1.54) is 27.7 Å². The fourth-order valence-corrected chi connectivity index (χ4v) is 6.84. The van der Waals surface area contributed by atoms with Crippen molar-refractivity contribution >= 4 is 16.9 Å². The Labute approximate surface area is 233 Å². The van der Waals surface area contributed by atoms with Gasteiger partial charge in [-0.3, -0.25) is 4.90 Å². The number of aromatic nitrogens is 1. The summed E-state index contributed by atoms with van der Waals surface area (Å²) in [5.41, 5.74) is 5.71. The molecule has 2 amide bonds. The molecule has 1 aliphatic carbocycles. The van der Waals surface area contributed by atoms with Crippen LogP contribution in [0.1, 0.15) is 56.4 Å². The zero-order valence-electron chi connectivity index (χ0n) is 22.5. The predicted octanol–water partition coefficient (Wildman–Crippen LogP) is 0.693. The molecule has 36 heavy (non-hydrogen) atoms. The molecule has 0 unspecified atom stereocenters. The largest absolute Gasteiger partial charge is 1.00 e. The molecular weight excluding hydrogens is 565 g/mol. The van der Waals surface area contributed by atoms with Crippen molar-refractivity contribution in [3.63, 3.8) is 0 Å². The average Bonchev–Trinajstić information content (AvgIpc) is 3.18. The van der Waals surface area contributed by atoms with Gasteiger partial charge in [0.2, 0.25) is 0 Å². The number of hydrogen-bond acceptors (Lipinski definition) is 3. The number of halogens is 1. The lowest BCUT2D eigenvalue weighted by Crippen LogP contribution is -3.00. The Hall–Kier alpha value is -1.36. The lowest BCUT2D eigenvalue weighted by atomic mass is 9.73. The molecule has 2 fully saturated rings. The minimum absolute atomic E-state index is 0. The van der Waals surface area contributed by atoms with Crippen molar-refractivity contribution in [1.29, 1.82) is 0 Å². The van der Waals surface area contributed by atoms with Crippen LogP contribution in [0.5, 0.6) is 0 Å². The van der Waals surface area contributed by atoms with Crippen LogP contribution in [0, 0.1) is 0 Å². The first-order valence-corrected chi connectivity index (χ1v) is 13.8. The highest BCUT2D eigenvalue weighted by atomic mass is 127. The van der Waals surface area contributed by atoms with E-state index in [0.29, 0.717) is 12.0 Å². The lowest BCUT2D eigenvalue weighted by molar-refractivity contribution is -0.929. The van der Waals surface area contributed by atoms with E-state index in [0.717, 1.165) is 82.8 Å². The molecule has 1 aromatic heterocycles. The second kappa shape index (κ2) is 11.6. The van der Waals surface area contributed by atoms with Gasteiger partial charge in [-0.2, -0.15) is 0 Å². The highest BCUT2D eigenvalue weighted by molar-refractivity contribution is 5.89. The summed E-state index contributed by atoms with van der Waals surface area (Å²) in [5.74, 6) is 0.449. The summed E-state index contributed by atoms with van der Waals surface area (Å²) in [4.78, 5) is 21.3. The summed E-state index contributed by atoms with van der Waals surface area (Å²) in [6, 6.07) is 7.58. The van der Waals surface area contributed by atoms with Gasteiger partial charge in [0.15, 0.2) is 0 Å². The molecule has 3 aliphatic rings. The minimum atomic E-state index is 0. The molecule has 2 saturated heterocycles. The quantitative estimate of drug-likeness (QED) is 0.359. The number of amides is 2. The number of carbonyl (C=O) groups is 1. The Balaban J connectivity index is 0.00000304. The number of nitrogens with zero attached hydrogens (tertiary/aromatic N) is 3. The van der Waals surface area contributed by atoms with Crippen LogP contribution in [0.3, 0.4) is 0 Å². The minimum Gasteiger partial charge on any atom is -1.00 e. The van der Waals surface area contributed by atoms with Gasteiger partial charge in [0.25, 0.3) is 0 Å². The monoisotopic (exact) mass is 609 g/mol. The number of nitrogens with one attached hydrogen (secondary N) is 2. The number of H-pyrrole nitrogens is 1. The molecule has 0 saturated carbocycles. The van der Waals surface area contributed by atoms with E-state index in [9.17, 15) is 4.79 Å². The number of carbonyl (C=O) groups excluding carboxylic acids is 1. The van der Waals surface area contributed by atoms with Crippen molar-refractivity contribution in [3.05, 3.63) is 35.0 Å². The van der Waals surface area contributed by atoms with Gasteiger partial charge in [-0.1, -0.05) is 19.1 Å². The van der Waals surface area contributed by atoms with Gasteiger partial charge in [-0.25, -0.2) is 4.79 Å². The molecule has 8 heteroatoms. The van der Waals surface area contributed by atoms with E-state index in [1.54, 1.807) is 0 Å². The predicted molar refractivity (Wildman–Crippen MR) is 141 cm³/mol. The zero-order chi connectivity index (χ0) is 24.6. The van der Waals surface area contributed by atoms with Gasteiger partial charge in [0, 0.05) is 48.5 Å². The average molecular weight is 610 g/mol. The topological polar surface area (TPSA) is 60.6 Å². The molecule has 0 bridgehead atoms. The molecule has 2 N–H and O–H groups in total. The van der Waals surface area contributed by atoms with Crippen LogP contribution in [0.25, 0.3) is 10.9 Å². The Bertz CT molecular complexity index is 1050. The summed E-state index contributed by atoms with van der Waals surface area (Å²) in [6.07, 6.45) is 3.25. The highest BCUT2D eigenvalue weighted by Crippen LogP contribution is 2.45.